The van der Waals surface area contributed by atoms with E-state index in [4.69, 9.17) is 11.6 Å². The predicted molar refractivity (Wildman–Crippen MR) is 62.9 cm³/mol. The fraction of sp³-hybridized carbons (Fsp3) is 0.0833. The Morgan fingerprint density at radius 3 is 2.44 bits per heavy atom. The number of anilines is 1. The van der Waals surface area contributed by atoms with Gasteiger partial charge in [-0.3, -0.25) is 0 Å². The van der Waals surface area contributed by atoms with Crippen LogP contribution < -0.4 is 5.32 Å². The molecule has 0 aliphatic rings. The van der Waals surface area contributed by atoms with Crippen LogP contribution in [0.3, 0.4) is 0 Å². The van der Waals surface area contributed by atoms with E-state index in [0.717, 1.165) is 6.07 Å². The average Bonchev–Trinajstić information content (AvgIpc) is 2.34. The summed E-state index contributed by atoms with van der Waals surface area (Å²) in [5.74, 6) is -3.09. The number of pyridine rings is 1. The lowest BCUT2D eigenvalue weighted by Crippen LogP contribution is -2.03. The number of aromatic nitrogens is 1. The van der Waals surface area contributed by atoms with Gasteiger partial charge in [-0.15, -0.1) is 0 Å². The highest BCUT2D eigenvalue weighted by Gasteiger charge is 2.09. The second-order valence-corrected chi connectivity index (χ2v) is 3.97. The van der Waals surface area contributed by atoms with E-state index in [1.54, 1.807) is 12.1 Å². The maximum Gasteiger partial charge on any atom is 0.161 e. The van der Waals surface area contributed by atoms with Gasteiger partial charge in [0.15, 0.2) is 11.6 Å². The molecular weight excluding hydrogens is 265 g/mol. The Labute approximate surface area is 106 Å². The summed E-state index contributed by atoms with van der Waals surface area (Å²) >= 11 is 5.60. The molecule has 0 unspecified atom stereocenters. The van der Waals surface area contributed by atoms with Crippen LogP contribution in [0.15, 0.2) is 30.5 Å². The number of benzene rings is 1. The fourth-order valence-corrected chi connectivity index (χ4v) is 1.49. The van der Waals surface area contributed by atoms with Crippen molar-refractivity contribution in [2.45, 2.75) is 6.54 Å². The lowest BCUT2D eigenvalue weighted by molar-refractivity contribution is 0.490. The number of hydrogen-bond donors (Lipinski definition) is 1. The van der Waals surface area contributed by atoms with Crippen molar-refractivity contribution < 1.29 is 13.2 Å². The van der Waals surface area contributed by atoms with Gasteiger partial charge in [-0.1, -0.05) is 11.6 Å². The molecule has 0 amide bonds. The second kappa shape index (κ2) is 5.27. The van der Waals surface area contributed by atoms with Crippen LogP contribution in [0.5, 0.6) is 0 Å². The van der Waals surface area contributed by atoms with Gasteiger partial charge in [-0.05, 0) is 18.2 Å². The van der Waals surface area contributed by atoms with E-state index in [2.05, 4.69) is 10.3 Å². The third-order valence-corrected chi connectivity index (χ3v) is 2.52. The highest BCUT2D eigenvalue weighted by Crippen LogP contribution is 2.16. The first-order valence-electron chi connectivity index (χ1n) is 5.05. The largest absolute Gasteiger partial charge is 0.380 e. The van der Waals surface area contributed by atoms with Gasteiger partial charge in [0, 0.05) is 18.2 Å². The zero-order valence-corrected chi connectivity index (χ0v) is 9.81. The summed E-state index contributed by atoms with van der Waals surface area (Å²) in [6.07, 6.45) is 1.46. The van der Waals surface area contributed by atoms with Gasteiger partial charge in [-0.25, -0.2) is 18.2 Å². The highest BCUT2D eigenvalue weighted by atomic mass is 35.5. The molecule has 1 heterocycles. The molecule has 1 N–H and O–H groups in total. The third kappa shape index (κ3) is 2.92. The number of halogens is 4. The van der Waals surface area contributed by atoms with Crippen molar-refractivity contribution in [1.29, 1.82) is 0 Å². The highest BCUT2D eigenvalue weighted by molar-refractivity contribution is 6.29. The lowest BCUT2D eigenvalue weighted by Gasteiger charge is -2.07. The first kappa shape index (κ1) is 12.7. The summed E-state index contributed by atoms with van der Waals surface area (Å²) in [6.45, 7) is 0.0202. The van der Waals surface area contributed by atoms with Crippen LogP contribution in [-0.2, 0) is 6.54 Å². The zero-order valence-electron chi connectivity index (χ0n) is 9.05. The van der Waals surface area contributed by atoms with Crippen LogP contribution in [0.25, 0.3) is 0 Å². The quantitative estimate of drug-likeness (QED) is 0.680. The SMILES string of the molecule is Fc1cc(F)c(CNc2ccc(Cl)nc2)cc1F. The minimum Gasteiger partial charge on any atom is -0.380 e. The van der Waals surface area contributed by atoms with Gasteiger partial charge in [0.05, 0.1) is 11.9 Å². The molecule has 0 saturated carbocycles. The Morgan fingerprint density at radius 1 is 1.06 bits per heavy atom. The molecule has 0 radical (unpaired) electrons. The molecule has 0 aliphatic carbocycles. The molecule has 94 valence electrons. The Hall–Kier alpha value is -1.75. The van der Waals surface area contributed by atoms with Crippen molar-refractivity contribution in [2.24, 2.45) is 0 Å². The molecule has 6 heteroatoms. The summed E-state index contributed by atoms with van der Waals surface area (Å²) in [4.78, 5) is 3.82. The van der Waals surface area contributed by atoms with Gasteiger partial charge < -0.3 is 5.32 Å². The van der Waals surface area contributed by atoms with Gasteiger partial charge in [0.2, 0.25) is 0 Å². The molecular formula is C12H8ClF3N2. The summed E-state index contributed by atoms with van der Waals surface area (Å²) in [6, 6.07) is 4.55. The van der Waals surface area contributed by atoms with Crippen LogP contribution in [0, 0.1) is 17.5 Å². The molecule has 0 atom stereocenters. The van der Waals surface area contributed by atoms with Crippen molar-refractivity contribution in [3.63, 3.8) is 0 Å². The Morgan fingerprint density at radius 2 is 1.78 bits per heavy atom. The van der Waals surface area contributed by atoms with E-state index < -0.39 is 17.5 Å². The second-order valence-electron chi connectivity index (χ2n) is 3.58. The molecule has 2 aromatic rings. The molecule has 0 spiro atoms. The summed E-state index contributed by atoms with van der Waals surface area (Å²) in [7, 11) is 0. The predicted octanol–water partition coefficient (Wildman–Crippen LogP) is 3.76. The van der Waals surface area contributed by atoms with Crippen LogP contribution in [0.1, 0.15) is 5.56 Å². The smallest absolute Gasteiger partial charge is 0.161 e. The zero-order chi connectivity index (χ0) is 13.1. The first-order chi connectivity index (χ1) is 8.56. The van der Waals surface area contributed by atoms with E-state index in [1.807, 2.05) is 0 Å². The third-order valence-electron chi connectivity index (χ3n) is 2.30. The van der Waals surface area contributed by atoms with Crippen molar-refractivity contribution in [2.75, 3.05) is 5.32 Å². The molecule has 1 aromatic heterocycles. The summed E-state index contributed by atoms with van der Waals surface area (Å²) in [5, 5.41) is 3.16. The maximum atomic E-state index is 13.3. The van der Waals surface area contributed by atoms with E-state index in [-0.39, 0.29) is 12.1 Å². The molecule has 2 nitrogen and oxygen atoms in total. The van der Waals surface area contributed by atoms with Crippen molar-refractivity contribution >= 4 is 17.3 Å². The minimum atomic E-state index is -1.20. The lowest BCUT2D eigenvalue weighted by atomic mass is 10.2. The van der Waals surface area contributed by atoms with Crippen LogP contribution in [-0.4, -0.2) is 4.98 Å². The molecule has 2 rings (SSSR count). The number of nitrogens with one attached hydrogen (secondary N) is 1. The van der Waals surface area contributed by atoms with Crippen LogP contribution >= 0.6 is 11.6 Å². The van der Waals surface area contributed by atoms with Gasteiger partial charge >= 0.3 is 0 Å². The number of hydrogen-bond acceptors (Lipinski definition) is 2. The Balaban J connectivity index is 2.10. The van der Waals surface area contributed by atoms with Crippen LogP contribution in [0.2, 0.25) is 5.15 Å². The standard InChI is InChI=1S/C12H8ClF3N2/c13-12-2-1-8(6-18-12)17-5-7-3-10(15)11(16)4-9(7)14/h1-4,6,17H,5H2. The molecule has 1 aromatic carbocycles. The molecule has 0 bridgehead atoms. The Kier molecular flexibility index (Phi) is 3.72. The van der Waals surface area contributed by atoms with Gasteiger partial charge in [0.1, 0.15) is 11.0 Å². The van der Waals surface area contributed by atoms with E-state index in [9.17, 15) is 13.2 Å². The summed E-state index contributed by atoms with van der Waals surface area (Å²) in [5.41, 5.74) is 0.632. The monoisotopic (exact) mass is 272 g/mol. The fourth-order valence-electron chi connectivity index (χ4n) is 1.38. The molecule has 0 fully saturated rings. The van der Waals surface area contributed by atoms with E-state index in [1.165, 1.54) is 6.20 Å². The Bertz CT molecular complexity index is 558. The first-order valence-corrected chi connectivity index (χ1v) is 5.43. The van der Waals surface area contributed by atoms with E-state index in [0.29, 0.717) is 16.9 Å². The topological polar surface area (TPSA) is 24.9 Å². The van der Waals surface area contributed by atoms with Crippen LogP contribution in [0.4, 0.5) is 18.9 Å². The number of rotatable bonds is 3. The summed E-state index contributed by atoms with van der Waals surface area (Å²) < 4.78 is 39.0. The minimum absolute atomic E-state index is 0.0202. The molecule has 18 heavy (non-hydrogen) atoms. The number of nitrogens with zero attached hydrogens (tertiary/aromatic N) is 1. The van der Waals surface area contributed by atoms with Gasteiger partial charge in [-0.2, -0.15) is 0 Å². The van der Waals surface area contributed by atoms with Gasteiger partial charge in [0.25, 0.3) is 0 Å². The van der Waals surface area contributed by atoms with Crippen molar-refractivity contribution in [3.8, 4) is 0 Å². The van der Waals surface area contributed by atoms with E-state index >= 15 is 0 Å². The average molecular weight is 273 g/mol. The van der Waals surface area contributed by atoms with Crippen molar-refractivity contribution in [3.05, 3.63) is 58.6 Å². The maximum absolute atomic E-state index is 13.3. The normalized spacial score (nSPS) is 10.4. The van der Waals surface area contributed by atoms with Crippen molar-refractivity contribution in [1.82, 2.24) is 4.98 Å². The molecule has 0 saturated heterocycles. The molecule has 0 aliphatic heterocycles.